The summed E-state index contributed by atoms with van der Waals surface area (Å²) in [6.45, 7) is 0.424. The van der Waals surface area contributed by atoms with E-state index in [1.165, 1.54) is 23.9 Å². The van der Waals surface area contributed by atoms with E-state index in [0.29, 0.717) is 23.0 Å². The fraction of sp³-hybridized carbons (Fsp3) is 0.200. The van der Waals surface area contributed by atoms with Gasteiger partial charge in [0.2, 0.25) is 0 Å². The molecule has 0 unspecified atom stereocenters. The number of hydrogen-bond donors (Lipinski definition) is 1. The Morgan fingerprint density at radius 3 is 2.55 bits per heavy atom. The van der Waals surface area contributed by atoms with Crippen LogP contribution >= 0.6 is 15.9 Å². The second kappa shape index (κ2) is 8.00. The summed E-state index contributed by atoms with van der Waals surface area (Å²) in [6, 6.07) is 8.22. The van der Waals surface area contributed by atoms with E-state index in [-0.39, 0.29) is 23.7 Å². The first-order valence-corrected chi connectivity index (χ1v) is 7.07. The van der Waals surface area contributed by atoms with Gasteiger partial charge in [0, 0.05) is 12.7 Å². The number of aromatic nitrogens is 1. The number of phenols is 1. The standard InChI is InChI=1S/C15H14BrNO4.ClH/c1-21-15(20)11-8-13(16)14(19)17(9-11)7-6-10-2-4-12(18)5-3-10;/h2-5,8-9,18H,6-7H2,1H3;1H/p-1. The van der Waals surface area contributed by atoms with E-state index in [2.05, 4.69) is 20.7 Å². The van der Waals surface area contributed by atoms with E-state index >= 15 is 0 Å². The van der Waals surface area contributed by atoms with Gasteiger partial charge in [0.15, 0.2) is 0 Å². The molecule has 22 heavy (non-hydrogen) atoms. The number of pyridine rings is 1. The Morgan fingerprint density at radius 1 is 1.32 bits per heavy atom. The number of hydrogen-bond acceptors (Lipinski definition) is 4. The Morgan fingerprint density at radius 2 is 1.95 bits per heavy atom. The lowest BCUT2D eigenvalue weighted by Crippen LogP contribution is -3.00. The van der Waals surface area contributed by atoms with Crippen molar-refractivity contribution < 1.29 is 27.0 Å². The highest BCUT2D eigenvalue weighted by Crippen LogP contribution is 2.12. The van der Waals surface area contributed by atoms with Crippen molar-refractivity contribution in [3.63, 3.8) is 0 Å². The molecule has 118 valence electrons. The normalized spacial score (nSPS) is 9.91. The fourth-order valence-electron chi connectivity index (χ4n) is 1.91. The molecule has 7 heteroatoms. The molecule has 0 aliphatic carbocycles. The highest BCUT2D eigenvalue weighted by Gasteiger charge is 2.11. The number of aryl methyl sites for hydroxylation is 2. The molecule has 0 amide bonds. The largest absolute Gasteiger partial charge is 1.00 e. The zero-order valence-electron chi connectivity index (χ0n) is 11.8. The van der Waals surface area contributed by atoms with Gasteiger partial charge in [-0.3, -0.25) is 4.79 Å². The first kappa shape index (κ1) is 18.3. The van der Waals surface area contributed by atoms with Crippen molar-refractivity contribution in [3.8, 4) is 5.75 Å². The van der Waals surface area contributed by atoms with Crippen LogP contribution in [0.1, 0.15) is 15.9 Å². The number of halogens is 2. The maximum absolute atomic E-state index is 12.0. The van der Waals surface area contributed by atoms with Crippen molar-refractivity contribution in [1.29, 1.82) is 0 Å². The lowest BCUT2D eigenvalue weighted by molar-refractivity contribution is -0.0000199. The number of benzene rings is 1. The molecule has 1 heterocycles. The molecule has 1 N–H and O–H groups in total. The average molecular weight is 388 g/mol. The van der Waals surface area contributed by atoms with Gasteiger partial charge in [0.25, 0.3) is 5.56 Å². The first-order valence-electron chi connectivity index (χ1n) is 6.27. The van der Waals surface area contributed by atoms with Gasteiger partial charge in [-0.05, 0) is 46.1 Å². The summed E-state index contributed by atoms with van der Waals surface area (Å²) in [7, 11) is 1.29. The van der Waals surface area contributed by atoms with Crippen LogP contribution in [0.4, 0.5) is 0 Å². The maximum atomic E-state index is 12.0. The number of ether oxygens (including phenoxy) is 1. The molecule has 0 aliphatic rings. The molecule has 1 aromatic heterocycles. The van der Waals surface area contributed by atoms with Crippen LogP contribution < -0.4 is 18.0 Å². The average Bonchev–Trinajstić information content (AvgIpc) is 2.49. The summed E-state index contributed by atoms with van der Waals surface area (Å²) in [5.74, 6) is -0.291. The van der Waals surface area contributed by atoms with Crippen molar-refractivity contribution in [2.24, 2.45) is 0 Å². The molecule has 0 fully saturated rings. The van der Waals surface area contributed by atoms with E-state index in [1.54, 1.807) is 24.3 Å². The quantitative estimate of drug-likeness (QED) is 0.708. The number of esters is 1. The van der Waals surface area contributed by atoms with E-state index in [4.69, 9.17) is 0 Å². The minimum Gasteiger partial charge on any atom is -1.00 e. The molecule has 2 rings (SSSR count). The molecule has 0 saturated heterocycles. The Labute approximate surface area is 142 Å². The molecular formula is C15H14BrClNO4-. The lowest BCUT2D eigenvalue weighted by Gasteiger charge is -2.09. The number of methoxy groups -OCH3 is 1. The van der Waals surface area contributed by atoms with Crippen LogP contribution in [0.25, 0.3) is 0 Å². The topological polar surface area (TPSA) is 68.5 Å². The number of nitrogens with zero attached hydrogens (tertiary/aromatic N) is 1. The third kappa shape index (κ3) is 4.35. The third-order valence-electron chi connectivity index (χ3n) is 3.04. The Bertz CT molecular complexity index is 712. The molecule has 0 saturated carbocycles. The van der Waals surface area contributed by atoms with Gasteiger partial charge in [-0.2, -0.15) is 0 Å². The van der Waals surface area contributed by atoms with Gasteiger partial charge in [-0.15, -0.1) is 0 Å². The fourth-order valence-corrected chi connectivity index (χ4v) is 2.38. The minimum atomic E-state index is -0.492. The summed E-state index contributed by atoms with van der Waals surface area (Å²) in [5.41, 5.74) is 1.09. The van der Waals surface area contributed by atoms with Gasteiger partial charge in [-0.25, -0.2) is 4.79 Å². The van der Waals surface area contributed by atoms with Crippen molar-refractivity contribution in [3.05, 3.63) is 62.5 Å². The van der Waals surface area contributed by atoms with Crippen LogP contribution in [-0.4, -0.2) is 22.8 Å². The second-order valence-corrected chi connectivity index (χ2v) is 5.34. The molecular weight excluding hydrogens is 374 g/mol. The summed E-state index contributed by atoms with van der Waals surface area (Å²) < 4.78 is 6.44. The monoisotopic (exact) mass is 386 g/mol. The number of aromatic hydroxyl groups is 1. The predicted octanol–water partition coefficient (Wildman–Crippen LogP) is -0.650. The summed E-state index contributed by atoms with van der Waals surface area (Å²) >= 11 is 3.16. The summed E-state index contributed by atoms with van der Waals surface area (Å²) in [6.07, 6.45) is 2.09. The van der Waals surface area contributed by atoms with Crippen molar-refractivity contribution in [2.75, 3.05) is 7.11 Å². The molecule has 0 spiro atoms. The van der Waals surface area contributed by atoms with Crippen molar-refractivity contribution >= 4 is 21.9 Å². The van der Waals surface area contributed by atoms with E-state index in [9.17, 15) is 14.7 Å². The van der Waals surface area contributed by atoms with Crippen LogP contribution in [0.5, 0.6) is 5.75 Å². The van der Waals surface area contributed by atoms with Gasteiger partial charge < -0.3 is 26.8 Å². The number of carbonyl (C=O) groups excluding carboxylic acids is 1. The molecule has 0 bridgehead atoms. The van der Waals surface area contributed by atoms with Gasteiger partial charge in [-0.1, -0.05) is 12.1 Å². The number of carbonyl (C=O) groups is 1. The SMILES string of the molecule is COC(=O)c1cc(Br)c(=O)n(CCc2ccc(O)cc2)c1.[Cl-]. The van der Waals surface area contributed by atoms with Crippen LogP contribution in [-0.2, 0) is 17.7 Å². The van der Waals surface area contributed by atoms with Gasteiger partial charge in [0.1, 0.15) is 5.75 Å². The molecule has 0 aliphatic heterocycles. The molecule has 0 radical (unpaired) electrons. The van der Waals surface area contributed by atoms with Gasteiger partial charge in [0.05, 0.1) is 17.1 Å². The zero-order chi connectivity index (χ0) is 15.4. The number of phenolic OH excluding ortho intramolecular Hbond substituents is 1. The summed E-state index contributed by atoms with van der Waals surface area (Å²) in [4.78, 5) is 23.6. The summed E-state index contributed by atoms with van der Waals surface area (Å²) in [5, 5.41) is 9.23. The van der Waals surface area contributed by atoms with E-state index < -0.39 is 5.97 Å². The maximum Gasteiger partial charge on any atom is 0.339 e. The Hall–Kier alpha value is -1.79. The smallest absolute Gasteiger partial charge is 0.339 e. The highest BCUT2D eigenvalue weighted by molar-refractivity contribution is 9.10. The number of rotatable bonds is 4. The Kier molecular flexibility index (Phi) is 6.64. The molecule has 2 aromatic rings. The highest BCUT2D eigenvalue weighted by atomic mass is 79.9. The van der Waals surface area contributed by atoms with Crippen LogP contribution in [0.3, 0.4) is 0 Å². The lowest BCUT2D eigenvalue weighted by atomic mass is 10.1. The molecule has 0 atom stereocenters. The van der Waals surface area contributed by atoms with E-state index in [1.807, 2.05) is 0 Å². The van der Waals surface area contributed by atoms with Gasteiger partial charge >= 0.3 is 5.97 Å². The van der Waals surface area contributed by atoms with E-state index in [0.717, 1.165) is 5.56 Å². The first-order chi connectivity index (χ1) is 10.0. The van der Waals surface area contributed by atoms with Crippen LogP contribution in [0.15, 0.2) is 45.8 Å². The molecule has 1 aromatic carbocycles. The van der Waals surface area contributed by atoms with Crippen LogP contribution in [0, 0.1) is 0 Å². The predicted molar refractivity (Wildman–Crippen MR) is 81.6 cm³/mol. The van der Waals surface area contributed by atoms with Crippen molar-refractivity contribution in [1.82, 2.24) is 4.57 Å². The Balaban J connectivity index is 0.00000242. The minimum absolute atomic E-state index is 0. The van der Waals surface area contributed by atoms with Crippen LogP contribution in [0.2, 0.25) is 0 Å². The zero-order valence-corrected chi connectivity index (χ0v) is 14.1. The van der Waals surface area contributed by atoms with Crippen molar-refractivity contribution in [2.45, 2.75) is 13.0 Å². The third-order valence-corrected chi connectivity index (χ3v) is 3.61. The molecule has 5 nitrogen and oxygen atoms in total. The second-order valence-electron chi connectivity index (χ2n) is 4.48.